The Kier molecular flexibility index (Phi) is 5.45. The van der Waals surface area contributed by atoms with Crippen molar-refractivity contribution in [3.05, 3.63) is 42.1 Å². The summed E-state index contributed by atoms with van der Waals surface area (Å²) in [5, 5.41) is 3.44. The molecule has 0 atom stereocenters. The summed E-state index contributed by atoms with van der Waals surface area (Å²) in [4.78, 5) is 40.5. The van der Waals surface area contributed by atoms with E-state index in [1.54, 1.807) is 4.90 Å². The molecule has 1 aliphatic carbocycles. The molecule has 2 aliphatic heterocycles. The number of amides is 3. The number of benzene rings is 1. The number of nitrogens with one attached hydrogen (secondary N) is 1. The SMILES string of the molecule is CC(C)N1Cc2cnc(NC3CCN(C(=O)C4CC4)CC3)nc2N(c2ccccc2)C1=O. The molecular weight excluding hydrogens is 404 g/mol. The molecule has 1 N–H and O–H groups in total. The van der Waals surface area contributed by atoms with E-state index in [2.05, 4.69) is 10.3 Å². The number of likely N-dealkylation sites (tertiary alicyclic amines) is 1. The summed E-state index contributed by atoms with van der Waals surface area (Å²) in [6.45, 7) is 6.08. The maximum absolute atomic E-state index is 13.3. The monoisotopic (exact) mass is 434 g/mol. The zero-order valence-corrected chi connectivity index (χ0v) is 18.7. The van der Waals surface area contributed by atoms with Crippen molar-refractivity contribution in [1.82, 2.24) is 19.8 Å². The van der Waals surface area contributed by atoms with Crippen LogP contribution in [0.1, 0.15) is 45.1 Å². The Morgan fingerprint density at radius 3 is 2.47 bits per heavy atom. The molecular formula is C24H30N6O2. The molecule has 3 aliphatic rings. The number of carbonyl (C=O) groups is 2. The van der Waals surface area contributed by atoms with Gasteiger partial charge in [-0.15, -0.1) is 0 Å². The maximum Gasteiger partial charge on any atom is 0.330 e. The van der Waals surface area contributed by atoms with Crippen LogP contribution >= 0.6 is 0 Å². The third kappa shape index (κ3) is 4.01. The van der Waals surface area contributed by atoms with Crippen LogP contribution < -0.4 is 10.2 Å². The quantitative estimate of drug-likeness (QED) is 0.775. The molecule has 1 saturated heterocycles. The summed E-state index contributed by atoms with van der Waals surface area (Å²) in [5.41, 5.74) is 1.72. The second kappa shape index (κ2) is 8.41. The van der Waals surface area contributed by atoms with Crippen LogP contribution in [0, 0.1) is 5.92 Å². The summed E-state index contributed by atoms with van der Waals surface area (Å²) < 4.78 is 0. The number of piperidine rings is 1. The summed E-state index contributed by atoms with van der Waals surface area (Å²) in [6, 6.07) is 9.85. The zero-order chi connectivity index (χ0) is 22.2. The van der Waals surface area contributed by atoms with Crippen molar-refractivity contribution in [3.63, 3.8) is 0 Å². The van der Waals surface area contributed by atoms with Gasteiger partial charge in [0.2, 0.25) is 11.9 Å². The van der Waals surface area contributed by atoms with Crippen LogP contribution in [-0.2, 0) is 11.3 Å². The number of anilines is 3. The van der Waals surface area contributed by atoms with Gasteiger partial charge in [-0.1, -0.05) is 18.2 Å². The van der Waals surface area contributed by atoms with Crippen LogP contribution in [-0.4, -0.2) is 56.9 Å². The van der Waals surface area contributed by atoms with Gasteiger partial charge < -0.3 is 15.1 Å². The second-order valence-corrected chi connectivity index (χ2v) is 9.24. The molecule has 0 radical (unpaired) electrons. The van der Waals surface area contributed by atoms with E-state index in [1.165, 1.54) is 0 Å². The van der Waals surface area contributed by atoms with Crippen molar-refractivity contribution >= 4 is 29.4 Å². The molecule has 0 spiro atoms. The van der Waals surface area contributed by atoms with Crippen LogP contribution in [0.15, 0.2) is 36.5 Å². The van der Waals surface area contributed by atoms with Crippen molar-refractivity contribution in [1.29, 1.82) is 0 Å². The lowest BCUT2D eigenvalue weighted by atomic mass is 10.0. The van der Waals surface area contributed by atoms with Crippen LogP contribution in [0.25, 0.3) is 0 Å². The standard InChI is InChI=1S/C24H30N6O2/c1-16(2)29-15-18-14-25-23(26-19-10-12-28(13-11-19)22(31)17-8-9-17)27-21(18)30(24(29)32)20-6-4-3-5-7-20/h3-7,14,16-17,19H,8-13,15H2,1-2H3,(H,25,26,27). The molecule has 1 saturated carbocycles. The molecule has 8 heteroatoms. The molecule has 32 heavy (non-hydrogen) atoms. The third-order valence-corrected chi connectivity index (χ3v) is 6.54. The first-order valence-electron chi connectivity index (χ1n) is 11.6. The highest BCUT2D eigenvalue weighted by molar-refractivity contribution is 6.01. The normalized spacial score (nSPS) is 19.3. The molecule has 2 aromatic rings. The van der Waals surface area contributed by atoms with Gasteiger partial charge >= 0.3 is 6.03 Å². The van der Waals surface area contributed by atoms with Gasteiger partial charge in [-0.05, 0) is 51.7 Å². The highest BCUT2D eigenvalue weighted by atomic mass is 16.2. The molecule has 0 bridgehead atoms. The van der Waals surface area contributed by atoms with Crippen molar-refractivity contribution in [2.45, 2.75) is 58.2 Å². The van der Waals surface area contributed by atoms with Gasteiger partial charge in [-0.3, -0.25) is 4.79 Å². The average Bonchev–Trinajstić information content (AvgIpc) is 3.65. The van der Waals surface area contributed by atoms with Crippen molar-refractivity contribution in [3.8, 4) is 0 Å². The first-order chi connectivity index (χ1) is 15.5. The van der Waals surface area contributed by atoms with Gasteiger partial charge in [0.1, 0.15) is 0 Å². The number of fused-ring (bicyclic) bond motifs is 1. The minimum Gasteiger partial charge on any atom is -0.351 e. The molecule has 5 rings (SSSR count). The van der Waals surface area contributed by atoms with E-state index < -0.39 is 0 Å². The zero-order valence-electron chi connectivity index (χ0n) is 18.7. The highest BCUT2D eigenvalue weighted by Gasteiger charge is 2.36. The Labute approximate surface area is 188 Å². The fourth-order valence-electron chi connectivity index (χ4n) is 4.47. The molecule has 1 aromatic carbocycles. The van der Waals surface area contributed by atoms with Crippen molar-refractivity contribution < 1.29 is 9.59 Å². The number of hydrogen-bond acceptors (Lipinski definition) is 5. The lowest BCUT2D eigenvalue weighted by Crippen LogP contribution is -2.48. The Balaban J connectivity index is 1.35. The number of para-hydroxylation sites is 1. The number of rotatable bonds is 5. The van der Waals surface area contributed by atoms with Crippen molar-refractivity contribution in [2.24, 2.45) is 5.92 Å². The summed E-state index contributed by atoms with van der Waals surface area (Å²) in [5.74, 6) is 1.76. The first-order valence-corrected chi connectivity index (χ1v) is 11.6. The van der Waals surface area contributed by atoms with E-state index >= 15 is 0 Å². The predicted molar refractivity (Wildman–Crippen MR) is 123 cm³/mol. The Bertz CT molecular complexity index is 999. The summed E-state index contributed by atoms with van der Waals surface area (Å²) in [6.07, 6.45) is 5.67. The fourth-order valence-corrected chi connectivity index (χ4v) is 4.47. The largest absolute Gasteiger partial charge is 0.351 e. The molecule has 3 heterocycles. The van der Waals surface area contributed by atoms with E-state index in [0.29, 0.717) is 24.2 Å². The highest BCUT2D eigenvalue weighted by Crippen LogP contribution is 2.35. The number of aromatic nitrogens is 2. The van der Waals surface area contributed by atoms with E-state index in [0.717, 1.165) is 50.0 Å². The van der Waals surface area contributed by atoms with E-state index in [9.17, 15) is 9.59 Å². The smallest absolute Gasteiger partial charge is 0.330 e. The fraction of sp³-hybridized carbons (Fsp3) is 0.500. The second-order valence-electron chi connectivity index (χ2n) is 9.24. The van der Waals surface area contributed by atoms with Crippen LogP contribution in [0.3, 0.4) is 0 Å². The number of carbonyl (C=O) groups excluding carboxylic acids is 2. The summed E-state index contributed by atoms with van der Waals surface area (Å²) >= 11 is 0. The Morgan fingerprint density at radius 2 is 1.81 bits per heavy atom. The minimum absolute atomic E-state index is 0.0724. The number of hydrogen-bond donors (Lipinski definition) is 1. The van der Waals surface area contributed by atoms with Gasteiger partial charge in [0.15, 0.2) is 5.82 Å². The third-order valence-electron chi connectivity index (χ3n) is 6.54. The first kappa shape index (κ1) is 20.7. The maximum atomic E-state index is 13.3. The topological polar surface area (TPSA) is 81.7 Å². The number of nitrogens with zero attached hydrogens (tertiary/aromatic N) is 5. The molecule has 3 amide bonds. The van der Waals surface area contributed by atoms with Gasteiger partial charge in [-0.25, -0.2) is 14.7 Å². The molecule has 8 nitrogen and oxygen atoms in total. The lowest BCUT2D eigenvalue weighted by Gasteiger charge is -2.38. The molecule has 168 valence electrons. The van der Waals surface area contributed by atoms with Crippen LogP contribution in [0.5, 0.6) is 0 Å². The average molecular weight is 435 g/mol. The molecule has 2 fully saturated rings. The number of urea groups is 1. The lowest BCUT2D eigenvalue weighted by molar-refractivity contribution is -0.133. The van der Waals surface area contributed by atoms with Crippen LogP contribution in [0.2, 0.25) is 0 Å². The van der Waals surface area contributed by atoms with E-state index in [1.807, 2.05) is 60.2 Å². The van der Waals surface area contributed by atoms with E-state index in [4.69, 9.17) is 4.98 Å². The molecule has 0 unspecified atom stereocenters. The van der Waals surface area contributed by atoms with Gasteiger partial charge in [-0.2, -0.15) is 4.98 Å². The van der Waals surface area contributed by atoms with Gasteiger partial charge in [0.25, 0.3) is 0 Å². The van der Waals surface area contributed by atoms with Crippen LogP contribution in [0.4, 0.5) is 22.2 Å². The molecule has 1 aromatic heterocycles. The summed E-state index contributed by atoms with van der Waals surface area (Å²) in [7, 11) is 0. The Morgan fingerprint density at radius 1 is 1.09 bits per heavy atom. The van der Waals surface area contributed by atoms with Crippen molar-refractivity contribution in [2.75, 3.05) is 23.3 Å². The van der Waals surface area contributed by atoms with E-state index in [-0.39, 0.29) is 24.0 Å². The predicted octanol–water partition coefficient (Wildman–Crippen LogP) is 3.77. The van der Waals surface area contributed by atoms with Gasteiger partial charge in [0, 0.05) is 42.9 Å². The van der Waals surface area contributed by atoms with Gasteiger partial charge in [0.05, 0.1) is 12.2 Å². The minimum atomic E-state index is -0.0738. The Hall–Kier alpha value is -3.16.